The van der Waals surface area contributed by atoms with E-state index >= 15 is 0 Å². The molecule has 2 rings (SSSR count). The summed E-state index contributed by atoms with van der Waals surface area (Å²) in [6, 6.07) is 7.00. The lowest BCUT2D eigenvalue weighted by atomic mass is 9.96. The molecule has 1 heterocycles. The van der Waals surface area contributed by atoms with Gasteiger partial charge in [0.25, 0.3) is 0 Å². The molecule has 0 saturated carbocycles. The van der Waals surface area contributed by atoms with E-state index < -0.39 is 0 Å². The van der Waals surface area contributed by atoms with Crippen molar-refractivity contribution < 1.29 is 0 Å². The van der Waals surface area contributed by atoms with Crippen LogP contribution in [0.15, 0.2) is 24.8 Å². The molecule has 1 aromatic rings. The minimum atomic E-state index is 0.591. The van der Waals surface area contributed by atoms with Crippen LogP contribution in [0.1, 0.15) is 24.5 Å². The van der Waals surface area contributed by atoms with Crippen molar-refractivity contribution in [1.82, 2.24) is 0 Å². The van der Waals surface area contributed by atoms with Gasteiger partial charge in [-0.3, -0.25) is 0 Å². The third-order valence-electron chi connectivity index (χ3n) is 2.64. The average Bonchev–Trinajstić information content (AvgIpc) is 2.17. The molecule has 0 saturated heterocycles. The van der Waals surface area contributed by atoms with E-state index in [4.69, 9.17) is 0 Å². The normalized spacial score (nSPS) is 20.2. The molecule has 1 aromatic carbocycles. The first-order chi connectivity index (χ1) is 6.31. The average molecular weight is 173 g/mol. The zero-order valence-electron chi connectivity index (χ0n) is 8.01. The Morgan fingerprint density at radius 2 is 2.38 bits per heavy atom. The summed E-state index contributed by atoms with van der Waals surface area (Å²) in [5, 5.41) is 3.51. The van der Waals surface area contributed by atoms with Crippen LogP contribution < -0.4 is 5.32 Å². The zero-order chi connectivity index (χ0) is 9.26. The van der Waals surface area contributed by atoms with Crippen LogP contribution in [0, 0.1) is 0 Å². The number of aryl methyl sites for hydroxylation is 1. The quantitative estimate of drug-likeness (QED) is 0.688. The molecule has 1 atom stereocenters. The number of para-hydroxylation sites is 1. The van der Waals surface area contributed by atoms with Gasteiger partial charge in [0.05, 0.1) is 0 Å². The van der Waals surface area contributed by atoms with Crippen molar-refractivity contribution in [2.45, 2.75) is 25.8 Å². The minimum Gasteiger partial charge on any atom is -0.382 e. The molecule has 0 radical (unpaired) electrons. The molecule has 0 fully saturated rings. The van der Waals surface area contributed by atoms with Crippen molar-refractivity contribution in [2.75, 3.05) is 5.32 Å². The number of hydrogen-bond acceptors (Lipinski definition) is 1. The number of benzene rings is 1. The van der Waals surface area contributed by atoms with Crippen molar-refractivity contribution in [3.05, 3.63) is 35.9 Å². The summed E-state index contributed by atoms with van der Waals surface area (Å²) in [5.41, 5.74) is 3.94. The Morgan fingerprint density at radius 3 is 3.15 bits per heavy atom. The van der Waals surface area contributed by atoms with E-state index in [1.165, 1.54) is 29.7 Å². The van der Waals surface area contributed by atoms with Crippen LogP contribution in [0.2, 0.25) is 0 Å². The van der Waals surface area contributed by atoms with Gasteiger partial charge in [-0.15, -0.1) is 0 Å². The first-order valence-electron chi connectivity index (χ1n) is 4.82. The monoisotopic (exact) mass is 173 g/mol. The summed E-state index contributed by atoms with van der Waals surface area (Å²) in [6.07, 6.45) is 4.34. The van der Waals surface area contributed by atoms with Crippen molar-refractivity contribution in [1.29, 1.82) is 0 Å². The van der Waals surface area contributed by atoms with Crippen molar-refractivity contribution in [2.24, 2.45) is 0 Å². The third kappa shape index (κ3) is 1.46. The van der Waals surface area contributed by atoms with Crippen molar-refractivity contribution >= 4 is 11.8 Å². The number of nitrogens with one attached hydrogen (secondary N) is 1. The summed E-state index contributed by atoms with van der Waals surface area (Å²) < 4.78 is 0. The van der Waals surface area contributed by atoms with Gasteiger partial charge in [0, 0.05) is 11.7 Å². The van der Waals surface area contributed by atoms with E-state index in [1.54, 1.807) is 0 Å². The molecule has 0 aliphatic carbocycles. The molecule has 0 aromatic heterocycles. The number of fused-ring (bicyclic) bond motifs is 1. The molecule has 0 bridgehead atoms. The van der Waals surface area contributed by atoms with Crippen LogP contribution in [0.25, 0.3) is 6.08 Å². The molecular weight excluding hydrogens is 158 g/mol. The highest BCUT2D eigenvalue weighted by Gasteiger charge is 2.14. The number of anilines is 1. The molecule has 1 heteroatoms. The molecule has 0 spiro atoms. The predicted molar refractivity (Wildman–Crippen MR) is 57.9 cm³/mol. The summed E-state index contributed by atoms with van der Waals surface area (Å²) in [4.78, 5) is 0. The highest BCUT2D eigenvalue weighted by atomic mass is 14.9. The molecule has 1 aliphatic rings. The van der Waals surface area contributed by atoms with Gasteiger partial charge >= 0.3 is 0 Å². The van der Waals surface area contributed by atoms with E-state index in [0.29, 0.717) is 6.04 Å². The summed E-state index contributed by atoms with van der Waals surface area (Å²) in [6.45, 7) is 6.05. The van der Waals surface area contributed by atoms with Gasteiger partial charge in [-0.05, 0) is 30.9 Å². The van der Waals surface area contributed by atoms with Gasteiger partial charge < -0.3 is 5.32 Å². The Hall–Kier alpha value is -1.24. The fourth-order valence-electron chi connectivity index (χ4n) is 1.87. The summed E-state index contributed by atoms with van der Waals surface area (Å²) in [5.74, 6) is 0. The van der Waals surface area contributed by atoms with Gasteiger partial charge in [-0.25, -0.2) is 0 Å². The first kappa shape index (κ1) is 8.36. The minimum absolute atomic E-state index is 0.591. The predicted octanol–water partition coefficient (Wildman–Crippen LogP) is 3.08. The molecule has 1 nitrogen and oxygen atoms in total. The summed E-state index contributed by atoms with van der Waals surface area (Å²) >= 11 is 0. The highest BCUT2D eigenvalue weighted by molar-refractivity contribution is 5.70. The van der Waals surface area contributed by atoms with Crippen molar-refractivity contribution in [3.8, 4) is 0 Å². The number of rotatable bonds is 1. The first-order valence-corrected chi connectivity index (χ1v) is 4.82. The van der Waals surface area contributed by atoms with E-state index in [2.05, 4.69) is 37.0 Å². The molecule has 13 heavy (non-hydrogen) atoms. The van der Waals surface area contributed by atoms with Crippen molar-refractivity contribution in [3.63, 3.8) is 0 Å². The van der Waals surface area contributed by atoms with E-state index in [-0.39, 0.29) is 0 Å². The Labute approximate surface area is 79.5 Å². The Kier molecular flexibility index (Phi) is 2.09. The molecule has 1 unspecified atom stereocenters. The van der Waals surface area contributed by atoms with Gasteiger partial charge in [0.2, 0.25) is 0 Å². The van der Waals surface area contributed by atoms with E-state index in [1.807, 2.05) is 6.08 Å². The van der Waals surface area contributed by atoms with E-state index in [9.17, 15) is 0 Å². The standard InChI is InChI=1S/C12H15N/c1-3-10-5-4-6-11-8-7-9(2)13-12(10)11/h3-6,9,13H,1,7-8H2,2H3. The van der Waals surface area contributed by atoms with Gasteiger partial charge in [-0.1, -0.05) is 30.9 Å². The van der Waals surface area contributed by atoms with Gasteiger partial charge in [-0.2, -0.15) is 0 Å². The maximum atomic E-state index is 3.82. The smallest absolute Gasteiger partial charge is 0.0448 e. The Morgan fingerprint density at radius 1 is 1.54 bits per heavy atom. The van der Waals surface area contributed by atoms with Gasteiger partial charge in [0.15, 0.2) is 0 Å². The maximum absolute atomic E-state index is 3.82. The SMILES string of the molecule is C=Cc1cccc2c1NC(C)CC2. The van der Waals surface area contributed by atoms with Crippen LogP contribution in [-0.4, -0.2) is 6.04 Å². The molecule has 68 valence electrons. The van der Waals surface area contributed by atoms with Crippen LogP contribution >= 0.6 is 0 Å². The highest BCUT2D eigenvalue weighted by Crippen LogP contribution is 2.28. The lowest BCUT2D eigenvalue weighted by molar-refractivity contribution is 0.680. The number of hydrogen-bond donors (Lipinski definition) is 1. The lowest BCUT2D eigenvalue weighted by Crippen LogP contribution is -2.22. The lowest BCUT2D eigenvalue weighted by Gasteiger charge is -2.25. The Bertz CT molecular complexity index is 328. The second kappa shape index (κ2) is 3.25. The topological polar surface area (TPSA) is 12.0 Å². The molecule has 1 N–H and O–H groups in total. The maximum Gasteiger partial charge on any atom is 0.0448 e. The summed E-state index contributed by atoms with van der Waals surface area (Å²) in [7, 11) is 0. The molecule has 1 aliphatic heterocycles. The third-order valence-corrected chi connectivity index (χ3v) is 2.64. The van der Waals surface area contributed by atoms with Crippen LogP contribution in [0.5, 0.6) is 0 Å². The van der Waals surface area contributed by atoms with Crippen LogP contribution in [-0.2, 0) is 6.42 Å². The van der Waals surface area contributed by atoms with Crippen LogP contribution in [0.3, 0.4) is 0 Å². The largest absolute Gasteiger partial charge is 0.382 e. The fourth-order valence-corrected chi connectivity index (χ4v) is 1.87. The Balaban J connectivity index is 2.46. The van der Waals surface area contributed by atoms with Gasteiger partial charge in [0.1, 0.15) is 0 Å². The second-order valence-electron chi connectivity index (χ2n) is 3.67. The van der Waals surface area contributed by atoms with Crippen LogP contribution in [0.4, 0.5) is 5.69 Å². The van der Waals surface area contributed by atoms with E-state index in [0.717, 1.165) is 0 Å². The second-order valence-corrected chi connectivity index (χ2v) is 3.67. The molecular formula is C12H15N. The fraction of sp³-hybridized carbons (Fsp3) is 0.333. The molecule has 0 amide bonds. The zero-order valence-corrected chi connectivity index (χ0v) is 8.01.